The highest BCUT2D eigenvalue weighted by Crippen LogP contribution is 2.62. The summed E-state index contributed by atoms with van der Waals surface area (Å²) in [5, 5.41) is 0. The van der Waals surface area contributed by atoms with Crippen LogP contribution in [0.4, 0.5) is 13.2 Å². The number of carbonyl (C=O) groups is 3. The summed E-state index contributed by atoms with van der Waals surface area (Å²) in [4.78, 5) is 43.9. The molecule has 0 fully saturated rings. The highest BCUT2D eigenvalue weighted by Gasteiger charge is 2.72. The fraction of sp³-hybridized carbons (Fsp3) is 0.417. The number of rotatable bonds is 8. The molecule has 0 aromatic heterocycles. The first-order chi connectivity index (χ1) is 20.9. The van der Waals surface area contributed by atoms with E-state index in [0.29, 0.717) is 16.7 Å². The van der Waals surface area contributed by atoms with Gasteiger partial charge in [-0.05, 0) is 89.3 Å². The van der Waals surface area contributed by atoms with Gasteiger partial charge in [0.2, 0.25) is 0 Å². The lowest BCUT2D eigenvalue weighted by atomic mass is 9.61. The van der Waals surface area contributed by atoms with Crippen molar-refractivity contribution in [2.45, 2.75) is 95.6 Å². The van der Waals surface area contributed by atoms with E-state index in [-0.39, 0.29) is 12.0 Å². The van der Waals surface area contributed by atoms with Crippen LogP contribution in [0.15, 0.2) is 78.9 Å². The Hall–Kier alpha value is -4.14. The molecule has 0 radical (unpaired) electrons. The van der Waals surface area contributed by atoms with Gasteiger partial charge >= 0.3 is 24.1 Å². The second-order valence-electron chi connectivity index (χ2n) is 13.0. The molecule has 2 atom stereocenters. The van der Waals surface area contributed by atoms with Crippen LogP contribution >= 0.6 is 0 Å². The van der Waals surface area contributed by atoms with E-state index in [1.165, 1.54) is 12.1 Å². The molecule has 0 N–H and O–H groups in total. The van der Waals surface area contributed by atoms with E-state index in [4.69, 9.17) is 14.2 Å². The van der Waals surface area contributed by atoms with E-state index in [0.717, 1.165) is 12.1 Å². The predicted octanol–water partition coefficient (Wildman–Crippen LogP) is 7.47. The Labute approximate surface area is 261 Å². The van der Waals surface area contributed by atoms with E-state index in [9.17, 15) is 27.6 Å². The number of carbonyl (C=O) groups excluding carboxylic acids is 3. The van der Waals surface area contributed by atoms with Crippen LogP contribution in [-0.2, 0) is 52.0 Å². The molecule has 0 heterocycles. The maximum atomic E-state index is 14.8. The van der Waals surface area contributed by atoms with Crippen molar-refractivity contribution >= 4 is 17.9 Å². The smallest absolute Gasteiger partial charge is 0.416 e. The van der Waals surface area contributed by atoms with Gasteiger partial charge in [0.15, 0.2) is 5.41 Å². The normalized spacial score (nSPS) is 19.2. The molecule has 4 rings (SSSR count). The van der Waals surface area contributed by atoms with Gasteiger partial charge in [0.25, 0.3) is 0 Å². The second-order valence-corrected chi connectivity index (χ2v) is 13.0. The molecular weight excluding hydrogens is 585 g/mol. The van der Waals surface area contributed by atoms with Crippen LogP contribution in [0, 0.1) is 0 Å². The van der Waals surface area contributed by atoms with E-state index in [2.05, 4.69) is 0 Å². The Morgan fingerprint density at radius 2 is 1.20 bits per heavy atom. The number of benzene rings is 3. The van der Waals surface area contributed by atoms with Crippen molar-refractivity contribution in [1.82, 2.24) is 0 Å². The van der Waals surface area contributed by atoms with Crippen molar-refractivity contribution in [1.29, 1.82) is 0 Å². The van der Waals surface area contributed by atoms with E-state index < -0.39 is 64.2 Å². The van der Waals surface area contributed by atoms with E-state index in [1.807, 2.05) is 0 Å². The first-order valence-corrected chi connectivity index (χ1v) is 14.9. The first-order valence-electron chi connectivity index (χ1n) is 14.9. The number of esters is 3. The van der Waals surface area contributed by atoms with Crippen molar-refractivity contribution in [2.75, 3.05) is 0 Å². The number of ether oxygens (including phenoxy) is 3. The van der Waals surface area contributed by atoms with Gasteiger partial charge in [-0.3, -0.25) is 14.4 Å². The zero-order chi connectivity index (χ0) is 33.4. The van der Waals surface area contributed by atoms with Crippen LogP contribution in [0.5, 0.6) is 0 Å². The Morgan fingerprint density at radius 1 is 0.711 bits per heavy atom. The van der Waals surface area contributed by atoms with Gasteiger partial charge in [0.1, 0.15) is 11.0 Å². The topological polar surface area (TPSA) is 78.9 Å². The lowest BCUT2D eigenvalue weighted by molar-refractivity contribution is -0.174. The maximum Gasteiger partial charge on any atom is 0.416 e. The summed E-state index contributed by atoms with van der Waals surface area (Å²) in [6, 6.07) is 19.7. The molecule has 45 heavy (non-hydrogen) atoms. The van der Waals surface area contributed by atoms with E-state index in [1.54, 1.807) is 103 Å². The summed E-state index contributed by atoms with van der Waals surface area (Å²) in [7, 11) is 0. The minimum Gasteiger partial charge on any atom is -0.462 e. The number of fused-ring (bicyclic) bond motifs is 1. The summed E-state index contributed by atoms with van der Waals surface area (Å²) >= 11 is 0. The summed E-state index contributed by atoms with van der Waals surface area (Å²) in [5.74, 6) is -3.81. The summed E-state index contributed by atoms with van der Waals surface area (Å²) < 4.78 is 58.2. The van der Waals surface area contributed by atoms with Crippen molar-refractivity contribution < 1.29 is 41.8 Å². The molecule has 0 spiro atoms. The highest BCUT2D eigenvalue weighted by atomic mass is 19.4. The molecule has 0 saturated carbocycles. The number of hydrogen-bond donors (Lipinski definition) is 0. The van der Waals surface area contributed by atoms with Crippen LogP contribution in [-0.4, -0.2) is 35.7 Å². The molecule has 0 aliphatic heterocycles. The zero-order valence-corrected chi connectivity index (χ0v) is 26.5. The third-order valence-electron chi connectivity index (χ3n) is 7.75. The van der Waals surface area contributed by atoms with Crippen LogP contribution < -0.4 is 0 Å². The quantitative estimate of drug-likeness (QED) is 0.147. The van der Waals surface area contributed by atoms with Crippen molar-refractivity contribution in [3.8, 4) is 0 Å². The second kappa shape index (κ2) is 12.3. The average Bonchev–Trinajstić information content (AvgIpc) is 3.20. The van der Waals surface area contributed by atoms with Gasteiger partial charge in [0, 0.05) is 5.92 Å². The van der Waals surface area contributed by atoms with Crippen LogP contribution in [0.25, 0.3) is 0 Å². The molecule has 0 saturated heterocycles. The van der Waals surface area contributed by atoms with Crippen LogP contribution in [0.1, 0.15) is 82.2 Å². The highest BCUT2D eigenvalue weighted by molar-refractivity contribution is 6.12. The lowest BCUT2D eigenvalue weighted by Crippen LogP contribution is -2.55. The molecule has 3 aromatic rings. The Kier molecular flexibility index (Phi) is 9.25. The molecule has 1 aliphatic carbocycles. The summed E-state index contributed by atoms with van der Waals surface area (Å²) in [6.07, 6.45) is -6.01. The number of halogens is 3. The standard InChI is InChI=1S/C36H39F3O6/c1-22(2)43-31(41)35(32(42)44-23(3)4)28-16-12-11-15-27(28)34(30(40)45-33(5,6)7,29(35)25-13-9-8-10-14-25)21-24-17-19-26(20-18-24)36(37,38)39/h8-20,22-23,29H,21H2,1-7H3/t29-,34-/m1/s1. The minimum absolute atomic E-state index is 0.192. The maximum absolute atomic E-state index is 14.8. The average molecular weight is 625 g/mol. The molecule has 0 bridgehead atoms. The Morgan fingerprint density at radius 3 is 1.67 bits per heavy atom. The van der Waals surface area contributed by atoms with Crippen molar-refractivity contribution in [3.05, 3.63) is 107 Å². The minimum atomic E-state index is -4.57. The SMILES string of the molecule is CC(C)OC(=O)C1(C(=O)OC(C)C)c2ccccc2[C@@](Cc2ccc(C(F)(F)F)cc2)(C(=O)OC(C)(C)C)[C@H]1c1ccccc1. The molecule has 0 amide bonds. The lowest BCUT2D eigenvalue weighted by Gasteiger charge is -2.41. The largest absolute Gasteiger partial charge is 0.462 e. The van der Waals surface area contributed by atoms with Crippen LogP contribution in [0.3, 0.4) is 0 Å². The Bertz CT molecular complexity index is 1520. The fourth-order valence-electron chi connectivity index (χ4n) is 6.23. The van der Waals surface area contributed by atoms with Gasteiger partial charge in [-0.15, -0.1) is 0 Å². The summed E-state index contributed by atoms with van der Waals surface area (Å²) in [6.45, 7) is 11.7. The molecule has 0 unspecified atom stereocenters. The van der Waals surface area contributed by atoms with Gasteiger partial charge in [-0.2, -0.15) is 13.2 Å². The van der Waals surface area contributed by atoms with Gasteiger partial charge in [0.05, 0.1) is 17.8 Å². The van der Waals surface area contributed by atoms with Gasteiger partial charge in [-0.1, -0.05) is 66.7 Å². The molecular formula is C36H39F3O6. The predicted molar refractivity (Wildman–Crippen MR) is 162 cm³/mol. The molecule has 1 aliphatic rings. The third kappa shape index (κ3) is 6.35. The molecule has 240 valence electrons. The van der Waals surface area contributed by atoms with E-state index >= 15 is 0 Å². The van der Waals surface area contributed by atoms with Crippen LogP contribution in [0.2, 0.25) is 0 Å². The first kappa shape index (κ1) is 33.7. The fourth-order valence-corrected chi connectivity index (χ4v) is 6.23. The zero-order valence-electron chi connectivity index (χ0n) is 26.5. The molecule has 9 heteroatoms. The monoisotopic (exact) mass is 624 g/mol. The van der Waals surface area contributed by atoms with Crippen molar-refractivity contribution in [2.24, 2.45) is 0 Å². The number of hydrogen-bond acceptors (Lipinski definition) is 6. The third-order valence-corrected chi connectivity index (χ3v) is 7.75. The summed E-state index contributed by atoms with van der Waals surface area (Å²) in [5.41, 5.74) is -4.43. The van der Waals surface area contributed by atoms with Gasteiger partial charge in [-0.25, -0.2) is 0 Å². The van der Waals surface area contributed by atoms with Gasteiger partial charge < -0.3 is 14.2 Å². The van der Waals surface area contributed by atoms with Crippen molar-refractivity contribution in [3.63, 3.8) is 0 Å². The molecule has 3 aromatic carbocycles. The molecule has 6 nitrogen and oxygen atoms in total. The number of alkyl halides is 3. The Balaban J connectivity index is 2.16.